The maximum atomic E-state index is 4.40. The highest BCUT2D eigenvalue weighted by atomic mass is 79.9. The zero-order valence-corrected chi connectivity index (χ0v) is 11.1. The molecule has 0 amide bonds. The van der Waals surface area contributed by atoms with Gasteiger partial charge in [0.1, 0.15) is 5.82 Å². The molecule has 0 unspecified atom stereocenters. The molecular formula is C11H18BrN3. The first kappa shape index (κ1) is 12.5. The third-order valence-corrected chi connectivity index (χ3v) is 2.84. The standard InChI is InChI=1S/C11H18BrN3/c1-8(2)13-6-7-14-11-5-4-10(12)9(3)15-11/h4-5,8,13H,6-7H2,1-3H3,(H,14,15). The summed E-state index contributed by atoms with van der Waals surface area (Å²) in [6, 6.07) is 4.53. The SMILES string of the molecule is Cc1nc(NCCNC(C)C)ccc1Br. The molecule has 1 aromatic rings. The molecule has 3 nitrogen and oxygen atoms in total. The molecule has 84 valence electrons. The van der Waals surface area contributed by atoms with Gasteiger partial charge in [-0.05, 0) is 35.0 Å². The van der Waals surface area contributed by atoms with Gasteiger partial charge in [-0.1, -0.05) is 13.8 Å². The Morgan fingerprint density at radius 2 is 2.07 bits per heavy atom. The van der Waals surface area contributed by atoms with Crippen LogP contribution in [0.5, 0.6) is 0 Å². The molecule has 0 atom stereocenters. The maximum absolute atomic E-state index is 4.40. The van der Waals surface area contributed by atoms with Crippen LogP contribution in [0.1, 0.15) is 19.5 Å². The smallest absolute Gasteiger partial charge is 0.126 e. The predicted molar refractivity (Wildman–Crippen MR) is 68.3 cm³/mol. The summed E-state index contributed by atoms with van der Waals surface area (Å²) in [7, 11) is 0. The molecule has 1 heterocycles. The van der Waals surface area contributed by atoms with Gasteiger partial charge in [0.05, 0.1) is 5.69 Å². The van der Waals surface area contributed by atoms with Crippen molar-refractivity contribution < 1.29 is 0 Å². The van der Waals surface area contributed by atoms with Crippen molar-refractivity contribution in [1.82, 2.24) is 10.3 Å². The highest BCUT2D eigenvalue weighted by molar-refractivity contribution is 9.10. The first-order valence-electron chi connectivity index (χ1n) is 5.20. The van der Waals surface area contributed by atoms with Crippen LogP contribution in [-0.4, -0.2) is 24.1 Å². The van der Waals surface area contributed by atoms with Crippen molar-refractivity contribution in [3.63, 3.8) is 0 Å². The summed E-state index contributed by atoms with van der Waals surface area (Å²) in [5.74, 6) is 0.932. The second-order valence-corrected chi connectivity index (χ2v) is 4.65. The van der Waals surface area contributed by atoms with Gasteiger partial charge in [0.25, 0.3) is 0 Å². The molecule has 1 rings (SSSR count). The van der Waals surface area contributed by atoms with E-state index in [1.54, 1.807) is 0 Å². The highest BCUT2D eigenvalue weighted by Gasteiger charge is 1.98. The van der Waals surface area contributed by atoms with E-state index in [-0.39, 0.29) is 0 Å². The molecule has 0 aliphatic heterocycles. The number of hydrogen-bond acceptors (Lipinski definition) is 3. The number of nitrogens with one attached hydrogen (secondary N) is 2. The molecule has 0 spiro atoms. The van der Waals surface area contributed by atoms with Crippen LogP contribution in [0.4, 0.5) is 5.82 Å². The van der Waals surface area contributed by atoms with Crippen LogP contribution in [0.3, 0.4) is 0 Å². The summed E-state index contributed by atoms with van der Waals surface area (Å²) in [5, 5.41) is 6.62. The lowest BCUT2D eigenvalue weighted by molar-refractivity contribution is 0.602. The fraction of sp³-hybridized carbons (Fsp3) is 0.545. The van der Waals surface area contributed by atoms with E-state index >= 15 is 0 Å². The Kier molecular flexibility index (Phi) is 5.05. The lowest BCUT2D eigenvalue weighted by Gasteiger charge is -2.10. The van der Waals surface area contributed by atoms with E-state index in [1.165, 1.54) is 0 Å². The predicted octanol–water partition coefficient (Wildman–Crippen LogP) is 2.56. The highest BCUT2D eigenvalue weighted by Crippen LogP contribution is 2.15. The molecule has 0 radical (unpaired) electrons. The number of aryl methyl sites for hydroxylation is 1. The average Bonchev–Trinajstić information content (AvgIpc) is 2.18. The molecule has 0 bridgehead atoms. The van der Waals surface area contributed by atoms with Crippen LogP contribution in [0.15, 0.2) is 16.6 Å². The van der Waals surface area contributed by atoms with E-state index in [2.05, 4.69) is 45.4 Å². The van der Waals surface area contributed by atoms with Crippen molar-refractivity contribution in [3.8, 4) is 0 Å². The fourth-order valence-electron chi connectivity index (χ4n) is 1.19. The van der Waals surface area contributed by atoms with E-state index in [9.17, 15) is 0 Å². The molecule has 1 aromatic heterocycles. The average molecular weight is 272 g/mol. The summed E-state index contributed by atoms with van der Waals surface area (Å²) < 4.78 is 1.05. The minimum atomic E-state index is 0.534. The van der Waals surface area contributed by atoms with Gasteiger partial charge in [0, 0.05) is 23.6 Å². The molecule has 15 heavy (non-hydrogen) atoms. The molecule has 2 N–H and O–H groups in total. The van der Waals surface area contributed by atoms with Gasteiger partial charge in [0.15, 0.2) is 0 Å². The molecule has 0 saturated heterocycles. The lowest BCUT2D eigenvalue weighted by Crippen LogP contribution is -2.28. The Morgan fingerprint density at radius 1 is 1.33 bits per heavy atom. The number of pyridine rings is 1. The molecule has 0 saturated carbocycles. The van der Waals surface area contributed by atoms with Crippen LogP contribution in [0.25, 0.3) is 0 Å². The van der Waals surface area contributed by atoms with Gasteiger partial charge >= 0.3 is 0 Å². The van der Waals surface area contributed by atoms with Crippen molar-refractivity contribution in [2.75, 3.05) is 18.4 Å². The second-order valence-electron chi connectivity index (χ2n) is 3.80. The maximum Gasteiger partial charge on any atom is 0.126 e. The Bertz CT molecular complexity index is 313. The molecule has 4 heteroatoms. The third-order valence-electron chi connectivity index (χ3n) is 2.01. The fourth-order valence-corrected chi connectivity index (χ4v) is 1.41. The summed E-state index contributed by atoms with van der Waals surface area (Å²) in [5.41, 5.74) is 1.01. The quantitative estimate of drug-likeness (QED) is 0.809. The number of halogens is 1. The van der Waals surface area contributed by atoms with Gasteiger partial charge in [-0.3, -0.25) is 0 Å². The van der Waals surface area contributed by atoms with E-state index < -0.39 is 0 Å². The molecule has 0 aliphatic rings. The Labute approximate surface area is 99.8 Å². The minimum absolute atomic E-state index is 0.534. The lowest BCUT2D eigenvalue weighted by atomic mass is 10.3. The zero-order chi connectivity index (χ0) is 11.3. The van der Waals surface area contributed by atoms with Gasteiger partial charge in [-0.25, -0.2) is 4.98 Å². The number of rotatable bonds is 5. The normalized spacial score (nSPS) is 10.7. The van der Waals surface area contributed by atoms with Crippen molar-refractivity contribution >= 4 is 21.7 Å². The molecule has 0 aromatic carbocycles. The number of nitrogens with zero attached hydrogens (tertiary/aromatic N) is 1. The van der Waals surface area contributed by atoms with Crippen LogP contribution in [0.2, 0.25) is 0 Å². The monoisotopic (exact) mass is 271 g/mol. The van der Waals surface area contributed by atoms with E-state index in [0.29, 0.717) is 6.04 Å². The van der Waals surface area contributed by atoms with Gasteiger partial charge < -0.3 is 10.6 Å². The Hall–Kier alpha value is -0.610. The topological polar surface area (TPSA) is 37.0 Å². The first-order chi connectivity index (χ1) is 7.09. The molecular weight excluding hydrogens is 254 g/mol. The second kappa shape index (κ2) is 6.08. The van der Waals surface area contributed by atoms with Gasteiger partial charge in [-0.2, -0.15) is 0 Å². The summed E-state index contributed by atoms with van der Waals surface area (Å²) in [6.45, 7) is 8.12. The number of anilines is 1. The van der Waals surface area contributed by atoms with Crippen molar-refractivity contribution in [1.29, 1.82) is 0 Å². The number of aromatic nitrogens is 1. The van der Waals surface area contributed by atoms with Crippen molar-refractivity contribution in [2.45, 2.75) is 26.8 Å². The van der Waals surface area contributed by atoms with E-state index in [4.69, 9.17) is 0 Å². The summed E-state index contributed by atoms with van der Waals surface area (Å²) >= 11 is 3.43. The van der Waals surface area contributed by atoms with Crippen LogP contribution < -0.4 is 10.6 Å². The summed E-state index contributed by atoms with van der Waals surface area (Å²) in [6.07, 6.45) is 0. The number of hydrogen-bond donors (Lipinski definition) is 2. The van der Waals surface area contributed by atoms with Crippen molar-refractivity contribution in [3.05, 3.63) is 22.3 Å². The molecule has 0 fully saturated rings. The van der Waals surface area contributed by atoms with E-state index in [0.717, 1.165) is 29.1 Å². The van der Waals surface area contributed by atoms with Gasteiger partial charge in [-0.15, -0.1) is 0 Å². The van der Waals surface area contributed by atoms with E-state index in [1.807, 2.05) is 19.1 Å². The summed E-state index contributed by atoms with van der Waals surface area (Å²) in [4.78, 5) is 4.40. The van der Waals surface area contributed by atoms with Crippen LogP contribution in [0, 0.1) is 6.92 Å². The van der Waals surface area contributed by atoms with Gasteiger partial charge in [0.2, 0.25) is 0 Å². The van der Waals surface area contributed by atoms with Crippen molar-refractivity contribution in [2.24, 2.45) is 0 Å². The largest absolute Gasteiger partial charge is 0.369 e. The third kappa shape index (κ3) is 4.62. The minimum Gasteiger partial charge on any atom is -0.369 e. The van der Waals surface area contributed by atoms with Crippen LogP contribution in [-0.2, 0) is 0 Å². The van der Waals surface area contributed by atoms with Crippen LogP contribution >= 0.6 is 15.9 Å². The first-order valence-corrected chi connectivity index (χ1v) is 5.99. The zero-order valence-electron chi connectivity index (χ0n) is 9.47. The Morgan fingerprint density at radius 3 is 2.67 bits per heavy atom. The molecule has 0 aliphatic carbocycles. The Balaban J connectivity index is 2.35.